The van der Waals surface area contributed by atoms with E-state index >= 15 is 0 Å². The smallest absolute Gasteiger partial charge is 0.159 e. The Bertz CT molecular complexity index is 328. The number of halogens is 1. The van der Waals surface area contributed by atoms with Gasteiger partial charge in [-0.05, 0) is 18.1 Å². The number of benzene rings is 1. The molecule has 13 heavy (non-hydrogen) atoms. The molecule has 2 rings (SSSR count). The second-order valence-electron chi connectivity index (χ2n) is 3.14. The number of likely N-dealkylation sites (N-methyl/N-ethyl adjacent to an activating group) is 1. The molecule has 1 aliphatic rings. The van der Waals surface area contributed by atoms with Crippen LogP contribution >= 0.6 is 17.0 Å². The molecule has 1 aromatic carbocycles. The number of anilines is 1. The second kappa shape index (κ2) is 3.46. The molecule has 72 valence electrons. The van der Waals surface area contributed by atoms with Gasteiger partial charge in [-0.25, -0.2) is 0 Å². The maximum atomic E-state index is 9.22. The molecule has 1 aromatic rings. The molecule has 1 heterocycles. The monoisotopic (exact) mass is 245 g/mol. The Kier molecular flexibility index (Phi) is 2.71. The van der Waals surface area contributed by atoms with E-state index < -0.39 is 0 Å². The normalized spacial score (nSPS) is 13.8. The van der Waals surface area contributed by atoms with Gasteiger partial charge in [0, 0.05) is 25.3 Å². The quantitative estimate of drug-likeness (QED) is 0.684. The van der Waals surface area contributed by atoms with E-state index in [-0.39, 0.29) is 28.5 Å². The summed E-state index contributed by atoms with van der Waals surface area (Å²) in [6, 6.07) is 3.24. The van der Waals surface area contributed by atoms with Gasteiger partial charge in [0.05, 0.1) is 0 Å². The molecule has 0 unspecified atom stereocenters. The van der Waals surface area contributed by atoms with E-state index in [1.807, 2.05) is 7.05 Å². The third-order valence-electron chi connectivity index (χ3n) is 2.30. The molecule has 0 bridgehead atoms. The zero-order valence-corrected chi connectivity index (χ0v) is 9.03. The van der Waals surface area contributed by atoms with Gasteiger partial charge >= 0.3 is 0 Å². The van der Waals surface area contributed by atoms with Crippen molar-refractivity contribution in [2.75, 3.05) is 18.5 Å². The SMILES string of the molecule is Br.CN1CCc2cc(O)c(O)cc21. The Labute approximate surface area is 87.4 Å². The molecular weight excluding hydrogens is 234 g/mol. The highest BCUT2D eigenvalue weighted by Crippen LogP contribution is 2.36. The number of phenols is 2. The molecule has 0 radical (unpaired) electrons. The highest BCUT2D eigenvalue weighted by Gasteiger charge is 2.17. The van der Waals surface area contributed by atoms with Crippen LogP contribution in [0.1, 0.15) is 5.56 Å². The Balaban J connectivity index is 0.000000845. The van der Waals surface area contributed by atoms with Crippen LogP contribution in [0.4, 0.5) is 5.69 Å². The van der Waals surface area contributed by atoms with Crippen molar-refractivity contribution in [2.24, 2.45) is 0 Å². The fraction of sp³-hybridized carbons (Fsp3) is 0.333. The summed E-state index contributed by atoms with van der Waals surface area (Å²) in [5, 5.41) is 18.4. The molecule has 0 aliphatic carbocycles. The predicted molar refractivity (Wildman–Crippen MR) is 57.1 cm³/mol. The van der Waals surface area contributed by atoms with E-state index in [4.69, 9.17) is 0 Å². The van der Waals surface area contributed by atoms with Crippen molar-refractivity contribution >= 4 is 22.7 Å². The van der Waals surface area contributed by atoms with Crippen LogP contribution in [0, 0.1) is 0 Å². The summed E-state index contributed by atoms with van der Waals surface area (Å²) in [6.45, 7) is 0.957. The van der Waals surface area contributed by atoms with Crippen LogP contribution < -0.4 is 4.90 Å². The van der Waals surface area contributed by atoms with Crippen molar-refractivity contribution in [3.05, 3.63) is 17.7 Å². The van der Waals surface area contributed by atoms with E-state index in [9.17, 15) is 10.2 Å². The molecule has 0 fully saturated rings. The first-order chi connectivity index (χ1) is 5.68. The van der Waals surface area contributed by atoms with Gasteiger partial charge in [0.25, 0.3) is 0 Å². The molecule has 3 nitrogen and oxygen atoms in total. The average molecular weight is 246 g/mol. The minimum atomic E-state index is -0.0394. The van der Waals surface area contributed by atoms with Crippen molar-refractivity contribution in [2.45, 2.75) is 6.42 Å². The molecule has 0 amide bonds. The topological polar surface area (TPSA) is 43.7 Å². The van der Waals surface area contributed by atoms with Gasteiger partial charge < -0.3 is 15.1 Å². The van der Waals surface area contributed by atoms with Gasteiger partial charge in [-0.1, -0.05) is 0 Å². The van der Waals surface area contributed by atoms with Crippen LogP contribution in [0.15, 0.2) is 12.1 Å². The third kappa shape index (κ3) is 1.58. The summed E-state index contributed by atoms with van der Waals surface area (Å²) in [6.07, 6.45) is 0.944. The fourth-order valence-electron chi connectivity index (χ4n) is 1.57. The summed E-state index contributed by atoms with van der Waals surface area (Å²) < 4.78 is 0. The van der Waals surface area contributed by atoms with Gasteiger partial charge in [0.15, 0.2) is 11.5 Å². The Morgan fingerprint density at radius 2 is 1.85 bits per heavy atom. The maximum Gasteiger partial charge on any atom is 0.159 e. The summed E-state index contributed by atoms with van der Waals surface area (Å²) in [5.41, 5.74) is 2.12. The first kappa shape index (κ1) is 10.2. The van der Waals surface area contributed by atoms with Crippen LogP contribution in [-0.2, 0) is 6.42 Å². The van der Waals surface area contributed by atoms with E-state index in [0.717, 1.165) is 24.2 Å². The number of fused-ring (bicyclic) bond motifs is 1. The summed E-state index contributed by atoms with van der Waals surface area (Å²) in [5.74, 6) is -0.0634. The third-order valence-corrected chi connectivity index (χ3v) is 2.30. The van der Waals surface area contributed by atoms with Crippen LogP contribution in [0.3, 0.4) is 0 Å². The van der Waals surface area contributed by atoms with Crippen LogP contribution in [0.2, 0.25) is 0 Å². The lowest BCUT2D eigenvalue weighted by Crippen LogP contribution is -2.12. The van der Waals surface area contributed by atoms with Gasteiger partial charge in [-0.3, -0.25) is 0 Å². The van der Waals surface area contributed by atoms with Crippen LogP contribution in [0.25, 0.3) is 0 Å². The number of rotatable bonds is 0. The maximum absolute atomic E-state index is 9.22. The highest BCUT2D eigenvalue weighted by molar-refractivity contribution is 8.93. The van der Waals surface area contributed by atoms with Crippen molar-refractivity contribution < 1.29 is 10.2 Å². The predicted octanol–water partition coefficient (Wildman–Crippen LogP) is 1.67. The Morgan fingerprint density at radius 3 is 2.54 bits per heavy atom. The minimum absolute atomic E-state index is 0. The van der Waals surface area contributed by atoms with Crippen LogP contribution in [-0.4, -0.2) is 23.8 Å². The molecule has 0 spiro atoms. The number of nitrogens with zero attached hydrogens (tertiary/aromatic N) is 1. The lowest BCUT2D eigenvalue weighted by atomic mass is 10.1. The Morgan fingerprint density at radius 1 is 1.23 bits per heavy atom. The van der Waals surface area contributed by atoms with Gasteiger partial charge in [0.1, 0.15) is 0 Å². The standard InChI is InChI=1S/C9H11NO2.BrH/c1-10-3-2-6-4-8(11)9(12)5-7(6)10;/h4-5,11-12H,2-3H2,1H3;1H. The number of hydrogen-bond donors (Lipinski definition) is 2. The molecule has 0 atom stereocenters. The summed E-state index contributed by atoms with van der Waals surface area (Å²) in [4.78, 5) is 2.06. The molecule has 4 heteroatoms. The average Bonchev–Trinajstić information content (AvgIpc) is 2.35. The highest BCUT2D eigenvalue weighted by atomic mass is 79.9. The van der Waals surface area contributed by atoms with E-state index in [1.165, 1.54) is 0 Å². The lowest BCUT2D eigenvalue weighted by molar-refractivity contribution is 0.403. The molecule has 2 N–H and O–H groups in total. The summed E-state index contributed by atoms with van der Waals surface area (Å²) >= 11 is 0. The van der Waals surface area contributed by atoms with Gasteiger partial charge in [-0.15, -0.1) is 17.0 Å². The first-order valence-corrected chi connectivity index (χ1v) is 3.94. The lowest BCUT2D eigenvalue weighted by Gasteiger charge is -2.11. The zero-order chi connectivity index (χ0) is 8.72. The number of aromatic hydroxyl groups is 2. The van der Waals surface area contributed by atoms with E-state index in [0.29, 0.717) is 0 Å². The molecule has 1 aliphatic heterocycles. The van der Waals surface area contributed by atoms with Crippen molar-refractivity contribution in [3.63, 3.8) is 0 Å². The van der Waals surface area contributed by atoms with Crippen LogP contribution in [0.5, 0.6) is 11.5 Å². The largest absolute Gasteiger partial charge is 0.504 e. The van der Waals surface area contributed by atoms with Crippen molar-refractivity contribution in [1.29, 1.82) is 0 Å². The molecule has 0 saturated heterocycles. The van der Waals surface area contributed by atoms with Crippen molar-refractivity contribution in [3.8, 4) is 11.5 Å². The summed E-state index contributed by atoms with van der Waals surface area (Å²) in [7, 11) is 1.97. The number of phenolic OH excluding ortho intramolecular Hbond substituents is 2. The van der Waals surface area contributed by atoms with Gasteiger partial charge in [-0.2, -0.15) is 0 Å². The van der Waals surface area contributed by atoms with E-state index in [2.05, 4.69) is 4.90 Å². The van der Waals surface area contributed by atoms with E-state index in [1.54, 1.807) is 12.1 Å². The molecular formula is C9H12BrNO2. The first-order valence-electron chi connectivity index (χ1n) is 3.94. The van der Waals surface area contributed by atoms with Crippen molar-refractivity contribution in [1.82, 2.24) is 0 Å². The zero-order valence-electron chi connectivity index (χ0n) is 7.32. The fourth-order valence-corrected chi connectivity index (χ4v) is 1.57. The molecule has 0 saturated carbocycles. The molecule has 0 aromatic heterocycles. The van der Waals surface area contributed by atoms with Gasteiger partial charge in [0.2, 0.25) is 0 Å². The number of hydrogen-bond acceptors (Lipinski definition) is 3. The Hall–Kier alpha value is -0.900. The second-order valence-corrected chi connectivity index (χ2v) is 3.14. The minimum Gasteiger partial charge on any atom is -0.504 e.